The molecule has 222 valence electrons. The number of sulfone groups is 1. The third kappa shape index (κ3) is 10.6. The third-order valence-corrected chi connectivity index (χ3v) is 7.92. The third-order valence-electron chi connectivity index (χ3n) is 6.19. The van der Waals surface area contributed by atoms with Crippen LogP contribution in [0.15, 0.2) is 52.5 Å². The Hall–Kier alpha value is -3.73. The maximum absolute atomic E-state index is 13.1. The molecular weight excluding hydrogens is 548 g/mol. The quantitative estimate of drug-likeness (QED) is 0.101. The van der Waals surface area contributed by atoms with Gasteiger partial charge in [-0.2, -0.15) is 0 Å². The Morgan fingerprint density at radius 2 is 1.54 bits per heavy atom. The van der Waals surface area contributed by atoms with Crippen molar-refractivity contribution in [2.75, 3.05) is 39.2 Å². The van der Waals surface area contributed by atoms with Gasteiger partial charge in [0.1, 0.15) is 0 Å². The number of esters is 1. The van der Waals surface area contributed by atoms with Crippen molar-refractivity contribution < 1.29 is 32.3 Å². The summed E-state index contributed by atoms with van der Waals surface area (Å²) in [6.07, 6.45) is -0.331. The van der Waals surface area contributed by atoms with Crippen LogP contribution in [0.3, 0.4) is 0 Å². The second-order valence-electron chi connectivity index (χ2n) is 11.5. The Bertz CT molecular complexity index is 1410. The second kappa shape index (κ2) is 14.2. The summed E-state index contributed by atoms with van der Waals surface area (Å²) in [6.45, 7) is 10.7. The standard InChI is InChI=1S/C29H38N4O7S/c1-20-7-9-24(10-8-20)41(37,38)12-11-25(34)21-13-22(15-23(14-21)27(36)39-6)26(35)31-16-28(2,3)18-40-19-29(4,5)17-32-33-30/h7-10,13-15H,11-12,16-19H2,1-6H3,(H,31,35). The van der Waals surface area contributed by atoms with E-state index >= 15 is 0 Å². The van der Waals surface area contributed by atoms with Crippen LogP contribution in [0.1, 0.15) is 70.8 Å². The summed E-state index contributed by atoms with van der Waals surface area (Å²) in [4.78, 5) is 41.2. The lowest BCUT2D eigenvalue weighted by atomic mass is 9.93. The Balaban J connectivity index is 2.12. The van der Waals surface area contributed by atoms with Crippen molar-refractivity contribution in [1.29, 1.82) is 0 Å². The molecule has 0 bridgehead atoms. The number of ketones is 1. The van der Waals surface area contributed by atoms with Gasteiger partial charge in [-0.1, -0.05) is 50.5 Å². The molecule has 0 heterocycles. The fourth-order valence-corrected chi connectivity index (χ4v) is 4.98. The van der Waals surface area contributed by atoms with E-state index < -0.39 is 38.7 Å². The van der Waals surface area contributed by atoms with Gasteiger partial charge in [0.2, 0.25) is 0 Å². The van der Waals surface area contributed by atoms with Gasteiger partial charge in [-0.15, -0.1) is 0 Å². The predicted octanol–water partition coefficient (Wildman–Crippen LogP) is 4.94. The van der Waals surface area contributed by atoms with Crippen molar-refractivity contribution in [3.8, 4) is 0 Å². The minimum Gasteiger partial charge on any atom is -0.465 e. The van der Waals surface area contributed by atoms with Crippen molar-refractivity contribution in [1.82, 2.24) is 5.32 Å². The minimum atomic E-state index is -3.71. The van der Waals surface area contributed by atoms with Crippen molar-refractivity contribution in [3.63, 3.8) is 0 Å². The molecule has 12 heteroatoms. The van der Waals surface area contributed by atoms with Gasteiger partial charge in [-0.05, 0) is 48.2 Å². The first-order valence-corrected chi connectivity index (χ1v) is 14.7. The summed E-state index contributed by atoms with van der Waals surface area (Å²) >= 11 is 0. The molecule has 2 rings (SSSR count). The molecular formula is C29H38N4O7S. The number of nitrogens with zero attached hydrogens (tertiary/aromatic N) is 3. The highest BCUT2D eigenvalue weighted by Gasteiger charge is 2.24. The van der Waals surface area contributed by atoms with E-state index in [1.165, 1.54) is 37.4 Å². The molecule has 0 radical (unpaired) electrons. The Morgan fingerprint density at radius 3 is 2.15 bits per heavy atom. The first-order chi connectivity index (χ1) is 19.1. The Morgan fingerprint density at radius 1 is 0.951 bits per heavy atom. The number of ether oxygens (including phenoxy) is 2. The first kappa shape index (κ1) is 33.5. The van der Waals surface area contributed by atoms with Gasteiger partial charge in [0.15, 0.2) is 15.6 Å². The normalized spacial score (nSPS) is 11.9. The van der Waals surface area contributed by atoms with Crippen LogP contribution < -0.4 is 5.32 Å². The van der Waals surface area contributed by atoms with Gasteiger partial charge in [0.05, 0.1) is 36.5 Å². The zero-order chi connectivity index (χ0) is 30.8. The van der Waals surface area contributed by atoms with Crippen LogP contribution in [0.4, 0.5) is 0 Å². The molecule has 0 fully saturated rings. The predicted molar refractivity (Wildman–Crippen MR) is 155 cm³/mol. The number of carbonyl (C=O) groups excluding carboxylic acids is 3. The Labute approximate surface area is 241 Å². The number of Topliss-reactive ketones (excluding diaryl/α,β-unsaturated/α-hetero) is 1. The number of azide groups is 1. The molecule has 41 heavy (non-hydrogen) atoms. The SMILES string of the molecule is COC(=O)c1cc(C(=O)CCS(=O)(=O)c2ccc(C)cc2)cc(C(=O)NCC(C)(C)COCC(C)(C)CN=[N+]=[N-])c1. The number of hydrogen-bond acceptors (Lipinski definition) is 8. The van der Waals surface area contributed by atoms with E-state index in [4.69, 9.17) is 15.0 Å². The molecule has 0 aromatic heterocycles. The molecule has 0 aliphatic heterocycles. The van der Waals surface area contributed by atoms with Crippen LogP contribution in [0.5, 0.6) is 0 Å². The number of benzene rings is 2. The number of carbonyl (C=O) groups is 3. The number of amides is 1. The number of methoxy groups -OCH3 is 1. The largest absolute Gasteiger partial charge is 0.465 e. The molecule has 0 spiro atoms. The maximum atomic E-state index is 13.1. The highest BCUT2D eigenvalue weighted by atomic mass is 32.2. The van der Waals surface area contributed by atoms with Crippen molar-refractivity contribution in [3.05, 3.63) is 75.2 Å². The molecule has 0 aliphatic carbocycles. The highest BCUT2D eigenvalue weighted by Crippen LogP contribution is 2.21. The maximum Gasteiger partial charge on any atom is 0.337 e. The van der Waals surface area contributed by atoms with Crippen LogP contribution in [-0.4, -0.2) is 65.2 Å². The van der Waals surface area contributed by atoms with E-state index in [2.05, 4.69) is 15.3 Å². The van der Waals surface area contributed by atoms with Gasteiger partial charge < -0.3 is 14.8 Å². The summed E-state index contributed by atoms with van der Waals surface area (Å²) in [7, 11) is -2.53. The molecule has 0 aliphatic rings. The monoisotopic (exact) mass is 586 g/mol. The summed E-state index contributed by atoms with van der Waals surface area (Å²) in [6, 6.07) is 10.3. The highest BCUT2D eigenvalue weighted by molar-refractivity contribution is 7.91. The Kier molecular flexibility index (Phi) is 11.6. The van der Waals surface area contributed by atoms with Gasteiger partial charge in [-0.3, -0.25) is 9.59 Å². The fraction of sp³-hybridized carbons (Fsp3) is 0.483. The zero-order valence-corrected chi connectivity index (χ0v) is 25.2. The van der Waals surface area contributed by atoms with Gasteiger partial charge in [-0.25, -0.2) is 13.2 Å². The van der Waals surface area contributed by atoms with Crippen LogP contribution in [0, 0.1) is 17.8 Å². The van der Waals surface area contributed by atoms with Gasteiger partial charge in [0.25, 0.3) is 5.91 Å². The number of aryl methyl sites for hydroxylation is 1. The van der Waals surface area contributed by atoms with Crippen LogP contribution in [0.25, 0.3) is 10.4 Å². The molecule has 0 unspecified atom stereocenters. The fourth-order valence-electron chi connectivity index (χ4n) is 3.74. The smallest absolute Gasteiger partial charge is 0.337 e. The summed E-state index contributed by atoms with van der Waals surface area (Å²) in [5.41, 5.74) is 8.71. The summed E-state index contributed by atoms with van der Waals surface area (Å²) in [5, 5.41) is 6.40. The van der Waals surface area contributed by atoms with Crippen molar-refractivity contribution in [2.24, 2.45) is 15.9 Å². The summed E-state index contributed by atoms with van der Waals surface area (Å²) in [5.74, 6) is -2.21. The van der Waals surface area contributed by atoms with E-state index in [1.54, 1.807) is 12.1 Å². The zero-order valence-electron chi connectivity index (χ0n) is 24.4. The van der Waals surface area contributed by atoms with E-state index in [-0.39, 0.29) is 46.5 Å². The minimum absolute atomic E-state index is 0.00487. The van der Waals surface area contributed by atoms with E-state index in [9.17, 15) is 22.8 Å². The van der Waals surface area contributed by atoms with E-state index in [0.717, 1.165) is 5.56 Å². The molecule has 1 amide bonds. The number of nitrogens with one attached hydrogen (secondary N) is 1. The number of hydrogen-bond donors (Lipinski definition) is 1. The van der Waals surface area contributed by atoms with Crippen molar-refractivity contribution >= 4 is 27.5 Å². The average molecular weight is 587 g/mol. The molecule has 2 aromatic carbocycles. The second-order valence-corrected chi connectivity index (χ2v) is 13.6. The van der Waals surface area contributed by atoms with Crippen LogP contribution in [0.2, 0.25) is 0 Å². The summed E-state index contributed by atoms with van der Waals surface area (Å²) < 4.78 is 36.0. The van der Waals surface area contributed by atoms with E-state index in [1.807, 2.05) is 34.6 Å². The lowest BCUT2D eigenvalue weighted by Crippen LogP contribution is -2.38. The van der Waals surface area contributed by atoms with E-state index in [0.29, 0.717) is 13.2 Å². The molecule has 2 aromatic rings. The van der Waals surface area contributed by atoms with Crippen LogP contribution >= 0.6 is 0 Å². The number of rotatable bonds is 15. The van der Waals surface area contributed by atoms with Gasteiger partial charge in [0, 0.05) is 41.0 Å². The lowest BCUT2D eigenvalue weighted by Gasteiger charge is -2.28. The first-order valence-electron chi connectivity index (χ1n) is 13.0. The van der Waals surface area contributed by atoms with Crippen LogP contribution in [-0.2, 0) is 19.3 Å². The van der Waals surface area contributed by atoms with Crippen molar-refractivity contribution in [2.45, 2.75) is 45.9 Å². The molecule has 11 nitrogen and oxygen atoms in total. The average Bonchev–Trinajstić information content (AvgIpc) is 2.92. The topological polar surface area (TPSA) is 165 Å². The molecule has 0 saturated heterocycles. The lowest BCUT2D eigenvalue weighted by molar-refractivity contribution is 0.0183. The molecule has 0 saturated carbocycles. The molecule has 1 N–H and O–H groups in total. The van der Waals surface area contributed by atoms with Gasteiger partial charge >= 0.3 is 5.97 Å². The molecule has 0 atom stereocenters.